The summed E-state index contributed by atoms with van der Waals surface area (Å²) in [6.45, 7) is 4.27. The molecule has 0 bridgehead atoms. The zero-order valence-corrected chi connectivity index (χ0v) is 16.0. The normalized spacial score (nSPS) is 12.0. The molecule has 2 aromatic carbocycles. The van der Waals surface area contributed by atoms with E-state index in [0.29, 0.717) is 17.5 Å². The van der Waals surface area contributed by atoms with Gasteiger partial charge in [0.2, 0.25) is 11.1 Å². The maximum atomic E-state index is 12.9. The second kappa shape index (κ2) is 8.81. The summed E-state index contributed by atoms with van der Waals surface area (Å²) >= 11 is 1.29. The second-order valence-corrected chi connectivity index (χ2v) is 7.43. The fourth-order valence-electron chi connectivity index (χ4n) is 2.47. The van der Waals surface area contributed by atoms with Gasteiger partial charge in [-0.25, -0.2) is 9.37 Å². The van der Waals surface area contributed by atoms with Crippen molar-refractivity contribution in [2.24, 2.45) is 0 Å². The van der Waals surface area contributed by atoms with E-state index in [1.807, 2.05) is 12.1 Å². The molecule has 2 N–H and O–H groups in total. The molecule has 3 rings (SSSR count). The molecule has 0 aliphatic carbocycles. The van der Waals surface area contributed by atoms with Gasteiger partial charge in [-0.3, -0.25) is 9.89 Å². The average Bonchev–Trinajstić information content (AvgIpc) is 3.15. The number of rotatable bonds is 7. The molecule has 0 saturated carbocycles. The minimum atomic E-state index is -0.350. The van der Waals surface area contributed by atoms with Crippen LogP contribution in [0.2, 0.25) is 0 Å². The van der Waals surface area contributed by atoms with E-state index in [2.05, 4.69) is 39.6 Å². The number of halogens is 1. The molecule has 0 aliphatic rings. The van der Waals surface area contributed by atoms with Crippen molar-refractivity contribution < 1.29 is 9.18 Å². The average molecular weight is 384 g/mol. The monoisotopic (exact) mass is 384 g/mol. The summed E-state index contributed by atoms with van der Waals surface area (Å²) in [6.07, 6.45) is 0.988. The number of hydrogen-bond acceptors (Lipinski definition) is 4. The van der Waals surface area contributed by atoms with E-state index in [9.17, 15) is 9.18 Å². The van der Waals surface area contributed by atoms with Crippen LogP contribution in [0.3, 0.4) is 0 Å². The highest BCUT2D eigenvalue weighted by molar-refractivity contribution is 8.00. The van der Waals surface area contributed by atoms with Gasteiger partial charge in [0.1, 0.15) is 5.82 Å². The van der Waals surface area contributed by atoms with E-state index in [1.54, 1.807) is 19.1 Å². The molecule has 1 atom stereocenters. The highest BCUT2D eigenvalue weighted by Gasteiger charge is 2.17. The van der Waals surface area contributed by atoms with Gasteiger partial charge in [-0.15, -0.1) is 5.10 Å². The molecule has 27 heavy (non-hydrogen) atoms. The first-order valence-electron chi connectivity index (χ1n) is 8.75. The summed E-state index contributed by atoms with van der Waals surface area (Å²) in [5.41, 5.74) is 3.07. The summed E-state index contributed by atoms with van der Waals surface area (Å²) in [5.74, 6) is 0.265. The number of aromatic nitrogens is 3. The first kappa shape index (κ1) is 19.1. The molecule has 3 aromatic rings. The van der Waals surface area contributed by atoms with Crippen LogP contribution in [0, 0.1) is 5.82 Å². The minimum Gasteiger partial charge on any atom is -0.351 e. The fraction of sp³-hybridized carbons (Fsp3) is 0.250. The third-order valence-corrected chi connectivity index (χ3v) is 5.09. The Bertz CT molecular complexity index is 893. The fourth-order valence-corrected chi connectivity index (χ4v) is 3.22. The van der Waals surface area contributed by atoms with Crippen LogP contribution in [0.25, 0.3) is 11.4 Å². The topological polar surface area (TPSA) is 70.7 Å². The van der Waals surface area contributed by atoms with E-state index in [4.69, 9.17) is 0 Å². The number of thioether (sulfide) groups is 1. The molecular formula is C20H21FN4OS. The molecule has 1 heterocycles. The SMILES string of the molecule is CCc1ccc(-c2nc(S[C@@H](C)C(=O)NCc3ccc(F)cc3)n[nH]2)cc1. The summed E-state index contributed by atoms with van der Waals surface area (Å²) in [4.78, 5) is 16.7. The Morgan fingerprint density at radius 2 is 1.81 bits per heavy atom. The highest BCUT2D eigenvalue weighted by atomic mass is 32.2. The number of nitrogens with one attached hydrogen (secondary N) is 2. The third kappa shape index (κ3) is 5.17. The van der Waals surface area contributed by atoms with Gasteiger partial charge in [-0.1, -0.05) is 55.1 Å². The van der Waals surface area contributed by atoms with Crippen molar-refractivity contribution in [2.45, 2.75) is 37.2 Å². The number of benzene rings is 2. The van der Waals surface area contributed by atoms with Crippen LogP contribution in [0.15, 0.2) is 53.7 Å². The number of aromatic amines is 1. The van der Waals surface area contributed by atoms with Crippen LogP contribution in [-0.2, 0) is 17.8 Å². The second-order valence-electron chi connectivity index (χ2n) is 6.12. The molecule has 0 unspecified atom stereocenters. The first-order chi connectivity index (χ1) is 13.0. The Morgan fingerprint density at radius 3 is 2.48 bits per heavy atom. The van der Waals surface area contributed by atoms with Crippen LogP contribution >= 0.6 is 11.8 Å². The zero-order valence-electron chi connectivity index (χ0n) is 15.2. The maximum Gasteiger partial charge on any atom is 0.233 e. The first-order valence-corrected chi connectivity index (χ1v) is 9.63. The lowest BCUT2D eigenvalue weighted by atomic mass is 10.1. The number of hydrogen-bond donors (Lipinski definition) is 2. The lowest BCUT2D eigenvalue weighted by Crippen LogP contribution is -2.30. The number of carbonyl (C=O) groups is 1. The van der Waals surface area contributed by atoms with Crippen LogP contribution < -0.4 is 5.32 Å². The molecular weight excluding hydrogens is 363 g/mol. The summed E-state index contributed by atoms with van der Waals surface area (Å²) in [6, 6.07) is 14.2. The summed E-state index contributed by atoms with van der Waals surface area (Å²) in [5, 5.41) is 10.1. The molecule has 1 aromatic heterocycles. The largest absolute Gasteiger partial charge is 0.351 e. The summed E-state index contributed by atoms with van der Waals surface area (Å²) < 4.78 is 12.9. The molecule has 0 aliphatic heterocycles. The van der Waals surface area contributed by atoms with Gasteiger partial charge < -0.3 is 5.32 Å². The molecule has 5 nitrogen and oxygen atoms in total. The molecule has 0 saturated heterocycles. The van der Waals surface area contributed by atoms with E-state index >= 15 is 0 Å². The van der Waals surface area contributed by atoms with E-state index in [1.165, 1.54) is 29.5 Å². The van der Waals surface area contributed by atoms with Crippen LogP contribution in [0.5, 0.6) is 0 Å². The van der Waals surface area contributed by atoms with Crippen molar-refractivity contribution in [3.63, 3.8) is 0 Å². The van der Waals surface area contributed by atoms with E-state index in [-0.39, 0.29) is 17.0 Å². The van der Waals surface area contributed by atoms with Gasteiger partial charge in [-0.2, -0.15) is 0 Å². The van der Waals surface area contributed by atoms with E-state index < -0.39 is 0 Å². The standard InChI is InChI=1S/C20H21FN4OS/c1-3-14-4-8-16(9-5-14)18-23-20(25-24-18)27-13(2)19(26)22-12-15-6-10-17(21)11-7-15/h4-11,13H,3,12H2,1-2H3,(H,22,26)(H,23,24,25)/t13-/m0/s1. The lowest BCUT2D eigenvalue weighted by Gasteiger charge is -2.10. The van der Waals surface area contributed by atoms with Gasteiger partial charge in [0.05, 0.1) is 5.25 Å². The molecule has 0 spiro atoms. The van der Waals surface area contributed by atoms with Crippen LogP contribution in [0.4, 0.5) is 4.39 Å². The Morgan fingerprint density at radius 1 is 1.15 bits per heavy atom. The molecule has 0 radical (unpaired) electrons. The summed E-state index contributed by atoms with van der Waals surface area (Å²) in [7, 11) is 0. The van der Waals surface area contributed by atoms with Crippen molar-refractivity contribution in [1.82, 2.24) is 20.5 Å². The predicted octanol–water partition coefficient (Wildman–Crippen LogP) is 3.97. The van der Waals surface area contributed by atoms with Gasteiger partial charge in [0.25, 0.3) is 0 Å². The number of H-pyrrole nitrogens is 1. The van der Waals surface area contributed by atoms with Gasteiger partial charge in [0.15, 0.2) is 5.82 Å². The smallest absolute Gasteiger partial charge is 0.233 e. The highest BCUT2D eigenvalue weighted by Crippen LogP contribution is 2.23. The quantitative estimate of drug-likeness (QED) is 0.605. The maximum absolute atomic E-state index is 12.9. The number of amides is 1. The van der Waals surface area contributed by atoms with Crippen molar-refractivity contribution >= 4 is 17.7 Å². The van der Waals surface area contributed by atoms with Crippen molar-refractivity contribution in [3.8, 4) is 11.4 Å². The van der Waals surface area contributed by atoms with Crippen LogP contribution in [0.1, 0.15) is 25.0 Å². The lowest BCUT2D eigenvalue weighted by molar-refractivity contribution is -0.120. The number of nitrogens with zero attached hydrogens (tertiary/aromatic N) is 2. The molecule has 7 heteroatoms. The Balaban J connectivity index is 1.55. The molecule has 1 amide bonds. The van der Waals surface area contributed by atoms with Gasteiger partial charge >= 0.3 is 0 Å². The van der Waals surface area contributed by atoms with Gasteiger partial charge in [-0.05, 0) is 36.6 Å². The van der Waals surface area contributed by atoms with E-state index in [0.717, 1.165) is 17.5 Å². The van der Waals surface area contributed by atoms with Gasteiger partial charge in [0, 0.05) is 12.1 Å². The predicted molar refractivity (Wildman–Crippen MR) is 105 cm³/mol. The van der Waals surface area contributed by atoms with Crippen LogP contribution in [-0.4, -0.2) is 26.3 Å². The van der Waals surface area contributed by atoms with Crippen molar-refractivity contribution in [2.75, 3.05) is 0 Å². The Labute approximate surface area is 161 Å². The Kier molecular flexibility index (Phi) is 6.24. The zero-order chi connectivity index (χ0) is 19.2. The Hall–Kier alpha value is -2.67. The number of aryl methyl sites for hydroxylation is 1. The van der Waals surface area contributed by atoms with Crippen molar-refractivity contribution in [1.29, 1.82) is 0 Å². The number of carbonyl (C=O) groups excluding carboxylic acids is 1. The molecule has 140 valence electrons. The minimum absolute atomic E-state index is 0.122. The third-order valence-electron chi connectivity index (χ3n) is 4.13. The van der Waals surface area contributed by atoms with Crippen molar-refractivity contribution in [3.05, 3.63) is 65.5 Å². The molecule has 0 fully saturated rings.